The number of aliphatic hydroxyl groups is 1. The second-order valence-electron chi connectivity index (χ2n) is 4.68. The predicted molar refractivity (Wildman–Crippen MR) is 76.3 cm³/mol. The molecule has 2 aromatic rings. The lowest BCUT2D eigenvalue weighted by molar-refractivity contribution is -0.137. The Morgan fingerprint density at radius 1 is 1.47 bits per heavy atom. The fourth-order valence-corrected chi connectivity index (χ4v) is 3.59. The summed E-state index contributed by atoms with van der Waals surface area (Å²) in [5.74, 6) is 0.368. The van der Waals surface area contributed by atoms with Crippen LogP contribution in [0.3, 0.4) is 0 Å². The summed E-state index contributed by atoms with van der Waals surface area (Å²) < 4.78 is 0. The largest absolute Gasteiger partial charge is 0.396 e. The molecule has 0 radical (unpaired) electrons. The molecule has 0 atom stereocenters. The van der Waals surface area contributed by atoms with Crippen molar-refractivity contribution in [1.82, 2.24) is 9.88 Å². The Bertz CT molecular complexity index is 559. The van der Waals surface area contributed by atoms with Crippen LogP contribution in [0.2, 0.25) is 0 Å². The average Bonchev–Trinajstić information content (AvgIpc) is 2.96. The minimum Gasteiger partial charge on any atom is -0.396 e. The van der Waals surface area contributed by atoms with E-state index >= 15 is 0 Å². The van der Waals surface area contributed by atoms with Gasteiger partial charge < -0.3 is 10.0 Å². The van der Waals surface area contributed by atoms with Gasteiger partial charge >= 0.3 is 0 Å². The Balaban J connectivity index is 1.60. The molecule has 0 bridgehead atoms. The van der Waals surface area contributed by atoms with Crippen LogP contribution in [0.15, 0.2) is 22.2 Å². The summed E-state index contributed by atoms with van der Waals surface area (Å²) in [5, 5.41) is 15.9. The third-order valence-electron chi connectivity index (χ3n) is 3.22. The zero-order chi connectivity index (χ0) is 13.2. The van der Waals surface area contributed by atoms with Gasteiger partial charge in [-0.2, -0.15) is 11.3 Å². The van der Waals surface area contributed by atoms with Crippen LogP contribution in [0.4, 0.5) is 0 Å². The number of rotatable bonds is 4. The highest BCUT2D eigenvalue weighted by Crippen LogP contribution is 2.26. The van der Waals surface area contributed by atoms with Crippen LogP contribution in [0.1, 0.15) is 5.69 Å². The van der Waals surface area contributed by atoms with E-state index in [1.165, 1.54) is 0 Å². The van der Waals surface area contributed by atoms with Gasteiger partial charge in [0.05, 0.1) is 12.1 Å². The van der Waals surface area contributed by atoms with Gasteiger partial charge in [0, 0.05) is 41.9 Å². The van der Waals surface area contributed by atoms with Crippen molar-refractivity contribution in [2.75, 3.05) is 19.7 Å². The summed E-state index contributed by atoms with van der Waals surface area (Å²) >= 11 is 3.22. The molecule has 0 saturated carbocycles. The van der Waals surface area contributed by atoms with Crippen molar-refractivity contribution in [3.63, 3.8) is 0 Å². The van der Waals surface area contributed by atoms with Gasteiger partial charge in [-0.1, -0.05) is 0 Å². The van der Waals surface area contributed by atoms with E-state index in [1.807, 2.05) is 16.8 Å². The van der Waals surface area contributed by atoms with Crippen LogP contribution in [0.25, 0.3) is 10.6 Å². The predicted octanol–water partition coefficient (Wildman–Crippen LogP) is 1.86. The van der Waals surface area contributed by atoms with Crippen molar-refractivity contribution in [3.05, 3.63) is 27.9 Å². The fraction of sp³-hybridized carbons (Fsp3) is 0.385. The Morgan fingerprint density at radius 2 is 2.32 bits per heavy atom. The molecule has 0 unspecified atom stereocenters. The van der Waals surface area contributed by atoms with Crippen molar-refractivity contribution >= 4 is 28.6 Å². The van der Waals surface area contributed by atoms with E-state index in [9.17, 15) is 4.79 Å². The molecule has 4 nitrogen and oxygen atoms in total. The van der Waals surface area contributed by atoms with Crippen LogP contribution < -0.4 is 0 Å². The summed E-state index contributed by atoms with van der Waals surface area (Å²) in [6.07, 6.45) is 0.360. The average molecular weight is 294 g/mol. The topological polar surface area (TPSA) is 53.4 Å². The third-order valence-corrected chi connectivity index (χ3v) is 4.84. The molecule has 1 saturated heterocycles. The van der Waals surface area contributed by atoms with Gasteiger partial charge in [0.2, 0.25) is 5.91 Å². The van der Waals surface area contributed by atoms with Crippen molar-refractivity contribution in [1.29, 1.82) is 0 Å². The highest BCUT2D eigenvalue weighted by atomic mass is 32.1. The van der Waals surface area contributed by atoms with Crippen LogP contribution in [-0.4, -0.2) is 40.6 Å². The van der Waals surface area contributed by atoms with Crippen LogP contribution in [0, 0.1) is 5.92 Å². The van der Waals surface area contributed by atoms with Gasteiger partial charge in [-0.15, -0.1) is 11.3 Å². The SMILES string of the molecule is O=C(Cc1csc(-c2ccsc2)n1)N1CC(CO)C1. The number of aliphatic hydroxyl groups excluding tert-OH is 1. The standard InChI is InChI=1S/C13H14N2O2S2/c16-6-9-4-15(5-9)12(17)3-11-8-19-13(14-11)10-1-2-18-7-10/h1-2,7-9,16H,3-6H2. The zero-order valence-corrected chi connectivity index (χ0v) is 11.9. The number of thiazole rings is 1. The molecule has 100 valence electrons. The van der Waals surface area contributed by atoms with Gasteiger partial charge in [-0.3, -0.25) is 4.79 Å². The first-order valence-corrected chi connectivity index (χ1v) is 7.94. The Morgan fingerprint density at radius 3 is 3.00 bits per heavy atom. The van der Waals surface area contributed by atoms with Crippen LogP contribution in [0.5, 0.6) is 0 Å². The van der Waals surface area contributed by atoms with Gasteiger partial charge in [0.1, 0.15) is 5.01 Å². The fourth-order valence-electron chi connectivity index (χ4n) is 2.06. The molecule has 3 heterocycles. The molecule has 6 heteroatoms. The van der Waals surface area contributed by atoms with E-state index in [-0.39, 0.29) is 18.4 Å². The highest BCUT2D eigenvalue weighted by Gasteiger charge is 2.29. The number of carbonyl (C=O) groups is 1. The van der Waals surface area contributed by atoms with E-state index in [1.54, 1.807) is 27.6 Å². The molecule has 3 rings (SSSR count). The molecule has 0 spiro atoms. The van der Waals surface area contributed by atoms with Crippen LogP contribution >= 0.6 is 22.7 Å². The van der Waals surface area contributed by atoms with Crippen molar-refractivity contribution in [3.8, 4) is 10.6 Å². The number of carbonyl (C=O) groups excluding carboxylic acids is 1. The van der Waals surface area contributed by atoms with Gasteiger partial charge in [0.25, 0.3) is 0 Å². The van der Waals surface area contributed by atoms with E-state index in [0.717, 1.165) is 16.3 Å². The molecule has 2 aromatic heterocycles. The molecule has 1 aliphatic heterocycles. The summed E-state index contributed by atoms with van der Waals surface area (Å²) in [5.41, 5.74) is 1.96. The summed E-state index contributed by atoms with van der Waals surface area (Å²) in [6, 6.07) is 2.04. The van der Waals surface area contributed by atoms with E-state index in [2.05, 4.69) is 10.4 Å². The van der Waals surface area contributed by atoms with Crippen molar-refractivity contribution in [2.24, 2.45) is 5.92 Å². The summed E-state index contributed by atoms with van der Waals surface area (Å²) in [6.45, 7) is 1.52. The lowest BCUT2D eigenvalue weighted by Gasteiger charge is -2.38. The maximum atomic E-state index is 12.0. The zero-order valence-electron chi connectivity index (χ0n) is 10.3. The second-order valence-corrected chi connectivity index (χ2v) is 6.32. The van der Waals surface area contributed by atoms with E-state index in [0.29, 0.717) is 19.5 Å². The Hall–Kier alpha value is -1.24. The van der Waals surface area contributed by atoms with Gasteiger partial charge in [0.15, 0.2) is 0 Å². The number of likely N-dealkylation sites (tertiary alicyclic amines) is 1. The molecule has 1 aliphatic rings. The lowest BCUT2D eigenvalue weighted by Crippen LogP contribution is -2.51. The number of thiophene rings is 1. The maximum absolute atomic E-state index is 12.0. The van der Waals surface area contributed by atoms with Gasteiger partial charge in [-0.05, 0) is 11.4 Å². The quantitative estimate of drug-likeness (QED) is 0.936. The maximum Gasteiger partial charge on any atom is 0.228 e. The van der Waals surface area contributed by atoms with Crippen LogP contribution in [-0.2, 0) is 11.2 Å². The van der Waals surface area contributed by atoms with Gasteiger partial charge in [-0.25, -0.2) is 4.98 Å². The second kappa shape index (κ2) is 5.40. The number of aromatic nitrogens is 1. The summed E-state index contributed by atoms with van der Waals surface area (Å²) in [4.78, 5) is 18.2. The minimum absolute atomic E-state index is 0.104. The normalized spacial score (nSPS) is 15.5. The molecule has 1 amide bonds. The first-order valence-electron chi connectivity index (χ1n) is 6.12. The molecule has 19 heavy (non-hydrogen) atoms. The van der Waals surface area contributed by atoms with E-state index < -0.39 is 0 Å². The molecule has 0 aromatic carbocycles. The molecule has 1 fully saturated rings. The highest BCUT2D eigenvalue weighted by molar-refractivity contribution is 7.14. The van der Waals surface area contributed by atoms with E-state index in [4.69, 9.17) is 5.11 Å². The smallest absolute Gasteiger partial charge is 0.228 e. The molecular formula is C13H14N2O2S2. The van der Waals surface area contributed by atoms with Crippen molar-refractivity contribution in [2.45, 2.75) is 6.42 Å². The first kappa shape index (κ1) is 12.8. The number of hydrogen-bond acceptors (Lipinski definition) is 5. The number of amides is 1. The van der Waals surface area contributed by atoms with Crippen molar-refractivity contribution < 1.29 is 9.90 Å². The number of nitrogens with zero attached hydrogens (tertiary/aromatic N) is 2. The third kappa shape index (κ3) is 2.70. The lowest BCUT2D eigenvalue weighted by atomic mass is 10.0. The molecule has 1 N–H and O–H groups in total. The Kier molecular flexibility index (Phi) is 3.63. The first-order chi connectivity index (χ1) is 9.26. The summed E-state index contributed by atoms with van der Waals surface area (Å²) in [7, 11) is 0. The minimum atomic E-state index is 0.104. The Labute approximate surface area is 119 Å². The molecular weight excluding hydrogens is 280 g/mol. The monoisotopic (exact) mass is 294 g/mol. The molecule has 0 aliphatic carbocycles. The number of hydrogen-bond donors (Lipinski definition) is 1.